The summed E-state index contributed by atoms with van der Waals surface area (Å²) in [6.07, 6.45) is 4.88. The van der Waals surface area contributed by atoms with Gasteiger partial charge in [0, 0.05) is 11.4 Å². The number of furan rings is 1. The zero-order valence-corrected chi connectivity index (χ0v) is 16.6. The number of thioether (sulfide) groups is 1. The molecule has 1 aromatic heterocycles. The molecule has 2 amide bonds. The minimum atomic E-state index is -0.284. The number of benzene rings is 2. The SMILES string of the molecule is O=C(Nc1ccc(C2SCC(=O)N2c2ccc3c(c2)CCC3)cc1)c1ccco1. The zero-order valence-electron chi connectivity index (χ0n) is 15.8. The monoisotopic (exact) mass is 404 g/mol. The second-order valence-corrected chi connectivity index (χ2v) is 8.36. The lowest BCUT2D eigenvalue weighted by atomic mass is 10.1. The molecular formula is C23H20N2O3S. The Morgan fingerprint density at radius 2 is 1.90 bits per heavy atom. The van der Waals surface area contributed by atoms with E-state index in [-0.39, 0.29) is 22.9 Å². The minimum Gasteiger partial charge on any atom is -0.459 e. The molecule has 6 heteroatoms. The van der Waals surface area contributed by atoms with Gasteiger partial charge in [-0.25, -0.2) is 0 Å². The Balaban J connectivity index is 1.36. The summed E-state index contributed by atoms with van der Waals surface area (Å²) in [5.41, 5.74) is 5.47. The fourth-order valence-corrected chi connectivity index (χ4v) is 5.17. The van der Waals surface area contributed by atoms with Crippen LogP contribution in [0.3, 0.4) is 0 Å². The summed E-state index contributed by atoms with van der Waals surface area (Å²) in [6.45, 7) is 0. The number of aryl methyl sites for hydroxylation is 2. The number of hydrogen-bond acceptors (Lipinski definition) is 4. The van der Waals surface area contributed by atoms with E-state index in [1.54, 1.807) is 23.9 Å². The van der Waals surface area contributed by atoms with Crippen molar-refractivity contribution in [3.8, 4) is 0 Å². The van der Waals surface area contributed by atoms with E-state index in [1.807, 2.05) is 29.2 Å². The van der Waals surface area contributed by atoms with Crippen LogP contribution in [-0.4, -0.2) is 17.6 Å². The number of hydrogen-bond donors (Lipinski definition) is 1. The van der Waals surface area contributed by atoms with Crippen LogP contribution in [0.2, 0.25) is 0 Å². The Kier molecular flexibility index (Phi) is 4.64. The molecule has 0 spiro atoms. The van der Waals surface area contributed by atoms with Crippen LogP contribution >= 0.6 is 11.8 Å². The van der Waals surface area contributed by atoms with Crippen LogP contribution < -0.4 is 10.2 Å². The van der Waals surface area contributed by atoms with E-state index in [0.29, 0.717) is 11.4 Å². The van der Waals surface area contributed by atoms with Crippen molar-refractivity contribution in [1.82, 2.24) is 0 Å². The quantitative estimate of drug-likeness (QED) is 0.679. The van der Waals surface area contributed by atoms with E-state index in [0.717, 1.165) is 24.1 Å². The van der Waals surface area contributed by atoms with Crippen molar-refractivity contribution in [2.24, 2.45) is 0 Å². The molecule has 0 bridgehead atoms. The molecule has 2 aliphatic rings. The first kappa shape index (κ1) is 18.1. The second-order valence-electron chi connectivity index (χ2n) is 7.29. The summed E-state index contributed by atoms with van der Waals surface area (Å²) in [5.74, 6) is 0.591. The lowest BCUT2D eigenvalue weighted by molar-refractivity contribution is -0.115. The van der Waals surface area contributed by atoms with E-state index in [4.69, 9.17) is 4.42 Å². The second kappa shape index (κ2) is 7.44. The van der Waals surface area contributed by atoms with Crippen molar-refractivity contribution < 1.29 is 14.0 Å². The smallest absolute Gasteiger partial charge is 0.291 e. The topological polar surface area (TPSA) is 62.6 Å². The number of carbonyl (C=O) groups excluding carboxylic acids is 2. The maximum atomic E-state index is 12.6. The van der Waals surface area contributed by atoms with Gasteiger partial charge in [-0.1, -0.05) is 18.2 Å². The number of amides is 2. The highest BCUT2D eigenvalue weighted by atomic mass is 32.2. The molecule has 2 aromatic carbocycles. The summed E-state index contributed by atoms with van der Waals surface area (Å²) in [6, 6.07) is 17.4. The molecule has 1 atom stereocenters. The number of fused-ring (bicyclic) bond motifs is 1. The first-order valence-corrected chi connectivity index (χ1v) is 10.7. The van der Waals surface area contributed by atoms with Crippen molar-refractivity contribution in [2.45, 2.75) is 24.6 Å². The summed E-state index contributed by atoms with van der Waals surface area (Å²) in [4.78, 5) is 26.7. The molecule has 29 heavy (non-hydrogen) atoms. The molecule has 0 saturated carbocycles. The maximum Gasteiger partial charge on any atom is 0.291 e. The fraction of sp³-hybridized carbons (Fsp3) is 0.217. The molecule has 146 valence electrons. The fourth-order valence-electron chi connectivity index (χ4n) is 3.99. The van der Waals surface area contributed by atoms with Gasteiger partial charge in [0.15, 0.2) is 5.76 Å². The van der Waals surface area contributed by atoms with E-state index < -0.39 is 0 Å². The molecule has 1 N–H and O–H groups in total. The molecule has 1 unspecified atom stereocenters. The number of rotatable bonds is 4. The van der Waals surface area contributed by atoms with Gasteiger partial charge in [0.25, 0.3) is 5.91 Å². The van der Waals surface area contributed by atoms with Gasteiger partial charge >= 0.3 is 0 Å². The molecule has 1 saturated heterocycles. The maximum absolute atomic E-state index is 12.6. The van der Waals surface area contributed by atoms with Gasteiger partial charge in [-0.05, 0) is 72.4 Å². The van der Waals surface area contributed by atoms with Gasteiger partial charge in [-0.3, -0.25) is 14.5 Å². The van der Waals surface area contributed by atoms with Crippen molar-refractivity contribution in [2.75, 3.05) is 16.0 Å². The molecule has 5 nitrogen and oxygen atoms in total. The van der Waals surface area contributed by atoms with Crippen molar-refractivity contribution >= 4 is 35.0 Å². The van der Waals surface area contributed by atoms with E-state index in [2.05, 4.69) is 23.5 Å². The number of nitrogens with zero attached hydrogens (tertiary/aromatic N) is 1. The highest BCUT2D eigenvalue weighted by Gasteiger charge is 2.34. The first-order valence-electron chi connectivity index (χ1n) is 9.69. The third-order valence-corrected chi connectivity index (χ3v) is 6.64. The number of anilines is 2. The van der Waals surface area contributed by atoms with Gasteiger partial charge in [0.2, 0.25) is 5.91 Å². The Labute approximate surface area is 173 Å². The standard InChI is InChI=1S/C23H20N2O3S/c26-21-14-29-23(25(21)19-11-8-15-3-1-4-17(15)13-19)16-6-9-18(10-7-16)24-22(27)20-5-2-12-28-20/h2,5-13,23H,1,3-4,14H2,(H,24,27). The van der Waals surface area contributed by atoms with E-state index >= 15 is 0 Å². The normalized spacial score (nSPS) is 18.1. The van der Waals surface area contributed by atoms with E-state index in [9.17, 15) is 9.59 Å². The van der Waals surface area contributed by atoms with Crippen LogP contribution in [0.4, 0.5) is 11.4 Å². The van der Waals surface area contributed by atoms with Crippen molar-refractivity contribution in [3.63, 3.8) is 0 Å². The van der Waals surface area contributed by atoms with Gasteiger partial charge in [-0.15, -0.1) is 11.8 Å². The van der Waals surface area contributed by atoms with Crippen LogP contribution in [0.15, 0.2) is 65.3 Å². The van der Waals surface area contributed by atoms with Crippen molar-refractivity contribution in [3.05, 3.63) is 83.3 Å². The molecule has 1 aliphatic carbocycles. The number of carbonyl (C=O) groups is 2. The number of nitrogens with one attached hydrogen (secondary N) is 1. The average molecular weight is 404 g/mol. The molecule has 2 heterocycles. The van der Waals surface area contributed by atoms with E-state index in [1.165, 1.54) is 23.8 Å². The molecule has 5 rings (SSSR count). The molecule has 3 aromatic rings. The zero-order chi connectivity index (χ0) is 19.8. The highest BCUT2D eigenvalue weighted by Crippen LogP contribution is 2.42. The summed E-state index contributed by atoms with van der Waals surface area (Å²) in [7, 11) is 0. The summed E-state index contributed by atoms with van der Waals surface area (Å²) < 4.78 is 5.12. The summed E-state index contributed by atoms with van der Waals surface area (Å²) >= 11 is 1.63. The van der Waals surface area contributed by atoms with Crippen LogP contribution in [0, 0.1) is 0 Å². The van der Waals surface area contributed by atoms with Gasteiger partial charge in [-0.2, -0.15) is 0 Å². The predicted molar refractivity (Wildman–Crippen MR) is 114 cm³/mol. The Bertz CT molecular complexity index is 1060. The molecular weight excluding hydrogens is 384 g/mol. The van der Waals surface area contributed by atoms with Gasteiger partial charge in [0.05, 0.1) is 12.0 Å². The Morgan fingerprint density at radius 3 is 2.69 bits per heavy atom. The third kappa shape index (κ3) is 3.44. The highest BCUT2D eigenvalue weighted by molar-refractivity contribution is 8.00. The Hall–Kier alpha value is -2.99. The van der Waals surface area contributed by atoms with Crippen LogP contribution in [0.5, 0.6) is 0 Å². The van der Waals surface area contributed by atoms with Crippen LogP contribution in [-0.2, 0) is 17.6 Å². The molecule has 1 aliphatic heterocycles. The molecule has 1 fully saturated rings. The molecule has 0 radical (unpaired) electrons. The average Bonchev–Trinajstić information content (AvgIpc) is 3.49. The Morgan fingerprint density at radius 1 is 1.07 bits per heavy atom. The largest absolute Gasteiger partial charge is 0.459 e. The first-order chi connectivity index (χ1) is 14.2. The van der Waals surface area contributed by atoms with Crippen LogP contribution in [0.25, 0.3) is 0 Å². The third-order valence-electron chi connectivity index (χ3n) is 5.43. The van der Waals surface area contributed by atoms with Gasteiger partial charge in [0.1, 0.15) is 5.37 Å². The predicted octanol–water partition coefficient (Wildman–Crippen LogP) is 4.80. The lowest BCUT2D eigenvalue weighted by Crippen LogP contribution is -2.27. The lowest BCUT2D eigenvalue weighted by Gasteiger charge is -2.25. The van der Waals surface area contributed by atoms with Crippen molar-refractivity contribution in [1.29, 1.82) is 0 Å². The van der Waals surface area contributed by atoms with Crippen LogP contribution in [0.1, 0.15) is 39.0 Å². The van der Waals surface area contributed by atoms with Gasteiger partial charge < -0.3 is 9.73 Å². The summed E-state index contributed by atoms with van der Waals surface area (Å²) in [5, 5.41) is 2.76. The minimum absolute atomic E-state index is 0.0585.